The average molecular weight is 413 g/mol. The number of rotatable bonds is 7. The number of likely N-dealkylation sites (N-methyl/N-ethyl adjacent to an activating group) is 1. The summed E-state index contributed by atoms with van der Waals surface area (Å²) < 4.78 is 33.3. The van der Waals surface area contributed by atoms with Crippen LogP contribution in [0.25, 0.3) is 0 Å². The lowest BCUT2D eigenvalue weighted by atomic mass is 10.2. The lowest BCUT2D eigenvalue weighted by molar-refractivity contribution is -0.129. The summed E-state index contributed by atoms with van der Waals surface area (Å²) in [6.45, 7) is 3.67. The third-order valence-electron chi connectivity index (χ3n) is 4.55. The van der Waals surface area contributed by atoms with Crippen molar-refractivity contribution in [1.29, 1.82) is 0 Å². The Morgan fingerprint density at radius 3 is 2.17 bits per heavy atom. The predicted octanol–water partition coefficient (Wildman–Crippen LogP) is 3.75. The second-order valence-corrected chi connectivity index (χ2v) is 8.78. The highest BCUT2D eigenvalue weighted by atomic mass is 32.2. The van der Waals surface area contributed by atoms with Gasteiger partial charge in [-0.1, -0.05) is 35.9 Å². The second-order valence-electron chi connectivity index (χ2n) is 6.92. The molecule has 0 radical (unpaired) electrons. The molecule has 6 nitrogen and oxygen atoms in total. The smallest absolute Gasteiger partial charge is 0.264 e. The molecule has 0 bridgehead atoms. The number of nitrogens with zero attached hydrogens (tertiary/aromatic N) is 2. The van der Waals surface area contributed by atoms with Crippen LogP contribution < -0.4 is 4.31 Å². The number of hydrogen-bond acceptors (Lipinski definition) is 4. The third kappa shape index (κ3) is 4.86. The van der Waals surface area contributed by atoms with E-state index < -0.39 is 10.0 Å². The van der Waals surface area contributed by atoms with E-state index in [2.05, 4.69) is 0 Å². The van der Waals surface area contributed by atoms with Crippen molar-refractivity contribution in [1.82, 2.24) is 4.90 Å². The summed E-state index contributed by atoms with van der Waals surface area (Å²) in [6, 6.07) is 18.9. The molecule has 0 fully saturated rings. The van der Waals surface area contributed by atoms with Crippen LogP contribution >= 0.6 is 0 Å². The van der Waals surface area contributed by atoms with E-state index in [1.807, 2.05) is 19.9 Å². The predicted molar refractivity (Wildman–Crippen MR) is 112 cm³/mol. The van der Waals surface area contributed by atoms with Crippen molar-refractivity contribution in [2.24, 2.45) is 0 Å². The van der Waals surface area contributed by atoms with E-state index in [9.17, 15) is 13.2 Å². The molecule has 0 N–H and O–H groups in total. The molecule has 0 saturated carbocycles. The zero-order valence-electron chi connectivity index (χ0n) is 16.7. The third-order valence-corrected chi connectivity index (χ3v) is 6.33. The quantitative estimate of drug-likeness (QED) is 0.593. The van der Waals surface area contributed by atoms with Gasteiger partial charge < -0.3 is 9.32 Å². The number of hydrogen-bond donors (Lipinski definition) is 0. The number of aryl methyl sites for hydroxylation is 2. The van der Waals surface area contributed by atoms with E-state index in [-0.39, 0.29) is 23.9 Å². The zero-order valence-corrected chi connectivity index (χ0v) is 17.5. The van der Waals surface area contributed by atoms with E-state index >= 15 is 0 Å². The van der Waals surface area contributed by atoms with Crippen LogP contribution in [0.2, 0.25) is 0 Å². The van der Waals surface area contributed by atoms with Gasteiger partial charge in [-0.25, -0.2) is 8.42 Å². The van der Waals surface area contributed by atoms with Crippen LogP contribution in [0.4, 0.5) is 5.69 Å². The molecule has 7 heteroatoms. The molecule has 1 heterocycles. The zero-order chi connectivity index (χ0) is 21.0. The number of furan rings is 1. The summed E-state index contributed by atoms with van der Waals surface area (Å²) in [5, 5.41) is 0. The molecule has 3 aromatic rings. The Morgan fingerprint density at radius 2 is 1.59 bits per heavy atom. The highest BCUT2D eigenvalue weighted by molar-refractivity contribution is 7.92. The van der Waals surface area contributed by atoms with Crippen molar-refractivity contribution in [3.8, 4) is 0 Å². The van der Waals surface area contributed by atoms with E-state index in [4.69, 9.17) is 4.42 Å². The molecule has 1 amide bonds. The van der Waals surface area contributed by atoms with Gasteiger partial charge in [-0.15, -0.1) is 0 Å². The number of amides is 1. The number of sulfonamides is 1. The Bertz CT molecular complexity index is 1070. The van der Waals surface area contributed by atoms with Gasteiger partial charge in [-0.05, 0) is 50.2 Å². The summed E-state index contributed by atoms with van der Waals surface area (Å²) in [5.74, 6) is 1.07. The number of carbonyl (C=O) groups is 1. The molecular formula is C22H24N2O4S. The molecule has 152 valence electrons. The lowest BCUT2D eigenvalue weighted by Gasteiger charge is -2.26. The molecule has 0 unspecified atom stereocenters. The van der Waals surface area contributed by atoms with Gasteiger partial charge in [0.15, 0.2) is 0 Å². The fourth-order valence-electron chi connectivity index (χ4n) is 2.88. The molecule has 29 heavy (non-hydrogen) atoms. The van der Waals surface area contributed by atoms with Gasteiger partial charge in [0.25, 0.3) is 10.0 Å². The first-order chi connectivity index (χ1) is 13.8. The van der Waals surface area contributed by atoms with Crippen molar-refractivity contribution in [2.75, 3.05) is 17.9 Å². The molecule has 2 aromatic carbocycles. The average Bonchev–Trinajstić information content (AvgIpc) is 3.11. The number of anilines is 1. The first-order valence-electron chi connectivity index (χ1n) is 9.21. The van der Waals surface area contributed by atoms with Crippen molar-refractivity contribution in [3.63, 3.8) is 0 Å². The Kier molecular flexibility index (Phi) is 6.08. The maximum absolute atomic E-state index is 13.3. The SMILES string of the molecule is Cc1ccc(S(=O)(=O)N(CC(=O)N(C)Cc2ccc(C)o2)c2ccccc2)cc1. The molecule has 0 aliphatic carbocycles. The largest absolute Gasteiger partial charge is 0.464 e. The van der Waals surface area contributed by atoms with Crippen molar-refractivity contribution in [2.45, 2.75) is 25.3 Å². The number of para-hydroxylation sites is 1. The molecule has 0 aliphatic heterocycles. The van der Waals surface area contributed by atoms with Crippen molar-refractivity contribution in [3.05, 3.63) is 83.8 Å². The molecule has 0 aliphatic rings. The minimum atomic E-state index is -3.91. The molecule has 0 atom stereocenters. The summed E-state index contributed by atoms with van der Waals surface area (Å²) in [7, 11) is -2.28. The standard InChI is InChI=1S/C22H24N2O4S/c1-17-9-13-21(14-10-17)29(26,27)24(19-7-5-4-6-8-19)16-22(25)23(3)15-20-12-11-18(2)28-20/h4-14H,15-16H2,1-3H3. The Morgan fingerprint density at radius 1 is 0.931 bits per heavy atom. The highest BCUT2D eigenvalue weighted by Gasteiger charge is 2.28. The Labute approximate surface area is 171 Å². The van der Waals surface area contributed by atoms with Crippen LogP contribution in [-0.4, -0.2) is 32.8 Å². The van der Waals surface area contributed by atoms with Gasteiger partial charge >= 0.3 is 0 Å². The van der Waals surface area contributed by atoms with Crippen LogP contribution in [0.5, 0.6) is 0 Å². The lowest BCUT2D eigenvalue weighted by Crippen LogP contribution is -2.41. The Balaban J connectivity index is 1.88. The molecule has 0 spiro atoms. The number of carbonyl (C=O) groups excluding carboxylic acids is 1. The van der Waals surface area contributed by atoms with Crippen LogP contribution in [0.15, 0.2) is 76.0 Å². The molecular weight excluding hydrogens is 388 g/mol. The van der Waals surface area contributed by atoms with Crippen LogP contribution in [0.1, 0.15) is 17.1 Å². The summed E-state index contributed by atoms with van der Waals surface area (Å²) in [6.07, 6.45) is 0. The maximum atomic E-state index is 13.3. The first kappa shape index (κ1) is 20.7. The fraction of sp³-hybridized carbons (Fsp3) is 0.227. The Hall–Kier alpha value is -3.06. The van der Waals surface area contributed by atoms with Gasteiger partial charge in [0.2, 0.25) is 5.91 Å². The van der Waals surface area contributed by atoms with Crippen LogP contribution in [0, 0.1) is 13.8 Å². The van der Waals surface area contributed by atoms with Gasteiger partial charge in [0, 0.05) is 7.05 Å². The van der Waals surface area contributed by atoms with Crippen LogP contribution in [0.3, 0.4) is 0 Å². The van der Waals surface area contributed by atoms with E-state index in [1.165, 1.54) is 4.90 Å². The van der Waals surface area contributed by atoms with Gasteiger partial charge in [-0.2, -0.15) is 0 Å². The minimum Gasteiger partial charge on any atom is -0.464 e. The fourth-order valence-corrected chi connectivity index (χ4v) is 4.30. The summed E-state index contributed by atoms with van der Waals surface area (Å²) in [4.78, 5) is 14.4. The summed E-state index contributed by atoms with van der Waals surface area (Å²) >= 11 is 0. The molecule has 1 aromatic heterocycles. The van der Waals surface area contributed by atoms with E-state index in [0.717, 1.165) is 15.6 Å². The molecule has 0 saturated heterocycles. The molecule has 3 rings (SSSR count). The maximum Gasteiger partial charge on any atom is 0.264 e. The van der Waals surface area contributed by atoms with Gasteiger partial charge in [0.05, 0.1) is 17.1 Å². The van der Waals surface area contributed by atoms with Gasteiger partial charge in [-0.3, -0.25) is 9.10 Å². The highest BCUT2D eigenvalue weighted by Crippen LogP contribution is 2.24. The van der Waals surface area contributed by atoms with E-state index in [0.29, 0.717) is 11.4 Å². The summed E-state index contributed by atoms with van der Waals surface area (Å²) in [5.41, 5.74) is 1.39. The normalized spacial score (nSPS) is 11.3. The van der Waals surface area contributed by atoms with E-state index in [1.54, 1.807) is 67.7 Å². The minimum absolute atomic E-state index is 0.143. The van der Waals surface area contributed by atoms with Crippen molar-refractivity contribution >= 4 is 21.6 Å². The monoisotopic (exact) mass is 412 g/mol. The topological polar surface area (TPSA) is 70.8 Å². The number of benzene rings is 2. The second kappa shape index (κ2) is 8.53. The first-order valence-corrected chi connectivity index (χ1v) is 10.6. The van der Waals surface area contributed by atoms with Gasteiger partial charge in [0.1, 0.15) is 18.1 Å². The van der Waals surface area contributed by atoms with Crippen LogP contribution in [-0.2, 0) is 21.4 Å². The van der Waals surface area contributed by atoms with Crippen molar-refractivity contribution < 1.29 is 17.6 Å².